The van der Waals surface area contributed by atoms with Crippen LogP contribution in [-0.2, 0) is 4.74 Å². The van der Waals surface area contributed by atoms with Crippen LogP contribution >= 0.6 is 0 Å². The van der Waals surface area contributed by atoms with Crippen LogP contribution in [0.1, 0.15) is 12.6 Å². The summed E-state index contributed by atoms with van der Waals surface area (Å²) in [6.07, 6.45) is 3.93. The van der Waals surface area contributed by atoms with Gasteiger partial charge in [0.2, 0.25) is 5.85 Å². The minimum Gasteiger partial charge on any atom is -0.390 e. The molecule has 0 amide bonds. The number of rotatable bonds is 2. The minimum atomic E-state index is -2.55. The van der Waals surface area contributed by atoms with Crippen LogP contribution in [-0.4, -0.2) is 37.8 Å². The summed E-state index contributed by atoms with van der Waals surface area (Å²) >= 11 is 0. The summed E-state index contributed by atoms with van der Waals surface area (Å²) in [4.78, 5) is 24.5. The maximum atomic E-state index is 14.0. The number of halogens is 1. The molecule has 0 aromatic carbocycles. The highest BCUT2D eigenvalue weighted by molar-refractivity contribution is 5.16. The van der Waals surface area contributed by atoms with Crippen LogP contribution in [0.5, 0.6) is 0 Å². The van der Waals surface area contributed by atoms with Crippen molar-refractivity contribution in [3.63, 3.8) is 0 Å². The summed E-state index contributed by atoms with van der Waals surface area (Å²) in [5.41, 5.74) is -3.68. The lowest BCUT2D eigenvalue weighted by Gasteiger charge is -2.23. The van der Waals surface area contributed by atoms with Crippen LogP contribution in [0.25, 0.3) is 0 Å². The zero-order chi connectivity index (χ0) is 14.3. The van der Waals surface area contributed by atoms with Gasteiger partial charge < -0.3 is 14.9 Å². The van der Waals surface area contributed by atoms with E-state index in [1.807, 2.05) is 10.9 Å². The molecule has 1 aliphatic rings. The van der Waals surface area contributed by atoms with Crippen molar-refractivity contribution < 1.29 is 19.3 Å². The van der Waals surface area contributed by atoms with Gasteiger partial charge in [-0.3, -0.25) is 14.3 Å². The minimum absolute atomic E-state index is 0.655. The molecule has 8 heteroatoms. The molecule has 3 atom stereocenters. The first kappa shape index (κ1) is 13.5. The van der Waals surface area contributed by atoms with E-state index < -0.39 is 42.0 Å². The van der Waals surface area contributed by atoms with Crippen LogP contribution in [0.3, 0.4) is 0 Å². The number of aromatic nitrogens is 2. The molecule has 0 aliphatic carbocycles. The zero-order valence-electron chi connectivity index (χ0n) is 9.67. The highest BCUT2D eigenvalue weighted by atomic mass is 19.2. The van der Waals surface area contributed by atoms with Gasteiger partial charge in [-0.1, -0.05) is 5.92 Å². The number of nitrogens with one attached hydrogen (secondary N) is 1. The first-order chi connectivity index (χ1) is 8.83. The highest BCUT2D eigenvalue weighted by Gasteiger charge is 2.56. The van der Waals surface area contributed by atoms with Crippen LogP contribution in [0, 0.1) is 12.3 Å². The Bertz CT molecular complexity index is 647. The van der Waals surface area contributed by atoms with Crippen molar-refractivity contribution in [3.8, 4) is 12.3 Å². The standard InChI is InChI=1S/C11H11FN2O5/c1-2-10(18)5-11(12,6-15)19-8(10)14-4-3-7(16)13-9(14)17/h1,3-4,8,15,18H,5-6H2,(H,13,16,17). The number of hydrogen-bond acceptors (Lipinski definition) is 5. The Hall–Kier alpha value is -1.95. The van der Waals surface area contributed by atoms with E-state index in [9.17, 15) is 19.1 Å². The predicted molar refractivity (Wildman–Crippen MR) is 60.8 cm³/mol. The second kappa shape index (κ2) is 4.31. The molecule has 0 radical (unpaired) electrons. The fourth-order valence-corrected chi connectivity index (χ4v) is 1.94. The molecule has 0 spiro atoms. The fraction of sp³-hybridized carbons (Fsp3) is 0.455. The van der Waals surface area contributed by atoms with Gasteiger partial charge in [-0.15, -0.1) is 6.42 Å². The fourth-order valence-electron chi connectivity index (χ4n) is 1.94. The lowest BCUT2D eigenvalue weighted by Crippen LogP contribution is -2.41. The summed E-state index contributed by atoms with van der Waals surface area (Å²) in [6, 6.07) is 0.999. The maximum absolute atomic E-state index is 14.0. The predicted octanol–water partition coefficient (Wildman–Crippen LogP) is -1.52. The molecule has 1 saturated heterocycles. The molecule has 2 heterocycles. The number of alkyl halides is 1. The number of aromatic amines is 1. The number of hydrogen-bond donors (Lipinski definition) is 3. The first-order valence-electron chi connectivity index (χ1n) is 5.33. The molecule has 3 unspecified atom stereocenters. The van der Waals surface area contributed by atoms with Crippen molar-refractivity contribution in [1.29, 1.82) is 0 Å². The lowest BCUT2D eigenvalue weighted by molar-refractivity contribution is -0.183. The Kier molecular flexibility index (Phi) is 3.06. The second-order valence-electron chi connectivity index (χ2n) is 4.27. The molecular formula is C11H11FN2O5. The van der Waals surface area contributed by atoms with E-state index in [2.05, 4.69) is 0 Å². The van der Waals surface area contributed by atoms with Gasteiger partial charge in [0.1, 0.15) is 6.61 Å². The van der Waals surface area contributed by atoms with Crippen LogP contribution < -0.4 is 11.2 Å². The van der Waals surface area contributed by atoms with Crippen LogP contribution in [0.4, 0.5) is 4.39 Å². The number of aliphatic hydroxyl groups is 2. The van der Waals surface area contributed by atoms with Crippen LogP contribution in [0.2, 0.25) is 0 Å². The summed E-state index contributed by atoms with van der Waals surface area (Å²) < 4.78 is 19.6. The Labute approximate surface area is 106 Å². The second-order valence-corrected chi connectivity index (χ2v) is 4.27. The Morgan fingerprint density at radius 3 is 2.89 bits per heavy atom. The van der Waals surface area contributed by atoms with E-state index >= 15 is 0 Å². The lowest BCUT2D eigenvalue weighted by atomic mass is 9.98. The van der Waals surface area contributed by atoms with Gasteiger partial charge in [-0.2, -0.15) is 0 Å². The number of aliphatic hydroxyl groups excluding tert-OH is 1. The van der Waals surface area contributed by atoms with Gasteiger partial charge >= 0.3 is 5.69 Å². The molecule has 19 heavy (non-hydrogen) atoms. The molecular weight excluding hydrogens is 259 g/mol. The maximum Gasteiger partial charge on any atom is 0.330 e. The quantitative estimate of drug-likeness (QED) is 0.566. The molecule has 1 aliphatic heterocycles. The summed E-state index contributed by atoms with van der Waals surface area (Å²) in [5.74, 6) is -0.606. The first-order valence-corrected chi connectivity index (χ1v) is 5.33. The molecule has 0 bridgehead atoms. The van der Waals surface area contributed by atoms with Gasteiger partial charge in [-0.25, -0.2) is 9.18 Å². The molecule has 0 saturated carbocycles. The van der Waals surface area contributed by atoms with E-state index in [1.165, 1.54) is 0 Å². The average Bonchev–Trinajstić information content (AvgIpc) is 2.63. The van der Waals surface area contributed by atoms with Gasteiger partial charge in [-0.05, 0) is 0 Å². The molecule has 102 valence electrons. The van der Waals surface area contributed by atoms with Crippen molar-refractivity contribution >= 4 is 0 Å². The van der Waals surface area contributed by atoms with E-state index in [4.69, 9.17) is 16.3 Å². The molecule has 1 fully saturated rings. The number of H-pyrrole nitrogens is 1. The Morgan fingerprint density at radius 2 is 2.37 bits per heavy atom. The number of nitrogens with zero attached hydrogens (tertiary/aromatic N) is 1. The van der Waals surface area contributed by atoms with Crippen molar-refractivity contribution in [2.75, 3.05) is 6.61 Å². The molecule has 7 nitrogen and oxygen atoms in total. The summed E-state index contributed by atoms with van der Waals surface area (Å²) in [5, 5.41) is 19.0. The van der Waals surface area contributed by atoms with Gasteiger partial charge in [0.05, 0.1) is 6.42 Å². The molecule has 2 rings (SSSR count). The molecule has 1 aromatic rings. The summed E-state index contributed by atoms with van der Waals surface area (Å²) in [6.45, 7) is -1.02. The summed E-state index contributed by atoms with van der Waals surface area (Å²) in [7, 11) is 0. The van der Waals surface area contributed by atoms with Crippen molar-refractivity contribution in [2.24, 2.45) is 0 Å². The van der Waals surface area contributed by atoms with E-state index in [0.29, 0.717) is 0 Å². The highest BCUT2D eigenvalue weighted by Crippen LogP contribution is 2.43. The molecule has 3 N–H and O–H groups in total. The third-order valence-electron chi connectivity index (χ3n) is 2.85. The molecule has 1 aromatic heterocycles. The number of ether oxygens (including phenoxy) is 1. The zero-order valence-corrected chi connectivity index (χ0v) is 9.67. The van der Waals surface area contributed by atoms with Crippen molar-refractivity contribution in [2.45, 2.75) is 24.1 Å². The normalized spacial score (nSPS) is 34.1. The van der Waals surface area contributed by atoms with E-state index in [0.717, 1.165) is 16.8 Å². The van der Waals surface area contributed by atoms with Crippen molar-refractivity contribution in [1.82, 2.24) is 9.55 Å². The van der Waals surface area contributed by atoms with Gasteiger partial charge in [0.15, 0.2) is 11.8 Å². The third-order valence-corrected chi connectivity index (χ3v) is 2.85. The Balaban J connectivity index is 2.52. The average molecular weight is 270 g/mol. The monoisotopic (exact) mass is 270 g/mol. The van der Waals surface area contributed by atoms with E-state index in [1.54, 1.807) is 0 Å². The largest absolute Gasteiger partial charge is 0.390 e. The third kappa shape index (κ3) is 2.19. The SMILES string of the molecule is C#CC1(O)CC(F)(CO)OC1n1ccc(=O)[nH]c1=O. The smallest absolute Gasteiger partial charge is 0.330 e. The topological polar surface area (TPSA) is 105 Å². The number of terminal acetylenes is 1. The van der Waals surface area contributed by atoms with Gasteiger partial charge in [0, 0.05) is 12.3 Å². The van der Waals surface area contributed by atoms with E-state index in [-0.39, 0.29) is 0 Å². The Morgan fingerprint density at radius 1 is 1.68 bits per heavy atom. The van der Waals surface area contributed by atoms with Crippen molar-refractivity contribution in [3.05, 3.63) is 33.1 Å². The van der Waals surface area contributed by atoms with Gasteiger partial charge in [0.25, 0.3) is 5.56 Å². The van der Waals surface area contributed by atoms with Crippen LogP contribution in [0.15, 0.2) is 21.9 Å².